The molecule has 0 spiro atoms. The van der Waals surface area contributed by atoms with Crippen LogP contribution in [0.4, 0.5) is 13.2 Å². The average molecular weight is 418 g/mol. The zero-order valence-corrected chi connectivity index (χ0v) is 16.0. The highest BCUT2D eigenvalue weighted by atomic mass is 32.2. The largest absolute Gasteiger partial charge is 0.416 e. The van der Waals surface area contributed by atoms with Crippen LogP contribution in [0.15, 0.2) is 69.1 Å². The predicted octanol–water partition coefficient (Wildman–Crippen LogP) is 7.69. The van der Waals surface area contributed by atoms with Gasteiger partial charge in [-0.25, -0.2) is 4.98 Å². The van der Waals surface area contributed by atoms with Gasteiger partial charge in [0.25, 0.3) is 0 Å². The van der Waals surface area contributed by atoms with Gasteiger partial charge in [0, 0.05) is 31.9 Å². The van der Waals surface area contributed by atoms with E-state index in [4.69, 9.17) is 4.98 Å². The van der Waals surface area contributed by atoms with Crippen LogP contribution in [0.1, 0.15) is 5.56 Å². The van der Waals surface area contributed by atoms with Crippen LogP contribution < -0.4 is 0 Å². The standard InChI is InChI=1S/C20H10F3NS3/c21-20(22,23)12-5-6-13-16(9-12)26-15-4-2-1-3-14(15)18-17(13)24-19(27-18)11-7-8-25-10-11/h1-10H. The fourth-order valence-corrected chi connectivity index (χ4v) is 6.05. The van der Waals surface area contributed by atoms with Crippen LogP contribution in [0, 0.1) is 0 Å². The number of hydrogen-bond donors (Lipinski definition) is 0. The molecule has 5 rings (SSSR count). The van der Waals surface area contributed by atoms with Crippen LogP contribution in [-0.2, 0) is 6.18 Å². The molecule has 1 nitrogen and oxygen atoms in total. The summed E-state index contributed by atoms with van der Waals surface area (Å²) in [6.07, 6.45) is -4.37. The Labute approximate surface area is 165 Å². The van der Waals surface area contributed by atoms with Gasteiger partial charge in [-0.2, -0.15) is 24.5 Å². The number of benzene rings is 2. The summed E-state index contributed by atoms with van der Waals surface area (Å²) < 4.78 is 39.7. The van der Waals surface area contributed by atoms with Gasteiger partial charge in [-0.15, -0.1) is 11.3 Å². The Morgan fingerprint density at radius 1 is 0.889 bits per heavy atom. The Kier molecular flexibility index (Phi) is 3.93. The second kappa shape index (κ2) is 6.22. The van der Waals surface area contributed by atoms with Crippen molar-refractivity contribution >= 4 is 34.4 Å². The Hall–Kier alpha value is -2.09. The average Bonchev–Trinajstić information content (AvgIpc) is 3.29. The molecule has 0 fully saturated rings. The van der Waals surface area contributed by atoms with Crippen molar-refractivity contribution in [3.8, 4) is 32.3 Å². The summed E-state index contributed by atoms with van der Waals surface area (Å²) in [5, 5.41) is 4.91. The molecular formula is C20H10F3NS3. The minimum atomic E-state index is -4.37. The van der Waals surface area contributed by atoms with Gasteiger partial charge in [0.2, 0.25) is 0 Å². The number of thiazole rings is 1. The maximum absolute atomic E-state index is 13.2. The van der Waals surface area contributed by atoms with E-state index in [9.17, 15) is 13.2 Å². The summed E-state index contributed by atoms with van der Waals surface area (Å²) in [5.41, 5.74) is 2.92. The Balaban J connectivity index is 1.78. The van der Waals surface area contributed by atoms with Crippen molar-refractivity contribution in [2.24, 2.45) is 0 Å². The molecule has 0 saturated carbocycles. The van der Waals surface area contributed by atoms with Gasteiger partial charge in [0.1, 0.15) is 5.01 Å². The van der Waals surface area contributed by atoms with Gasteiger partial charge < -0.3 is 0 Å². The molecule has 27 heavy (non-hydrogen) atoms. The van der Waals surface area contributed by atoms with Crippen molar-refractivity contribution in [3.63, 3.8) is 0 Å². The molecule has 0 aliphatic carbocycles. The third-order valence-electron chi connectivity index (χ3n) is 4.31. The normalized spacial score (nSPS) is 12.9. The lowest BCUT2D eigenvalue weighted by atomic mass is 10.0. The van der Waals surface area contributed by atoms with Gasteiger partial charge >= 0.3 is 6.18 Å². The van der Waals surface area contributed by atoms with Crippen molar-refractivity contribution in [1.82, 2.24) is 4.98 Å². The summed E-state index contributed by atoms with van der Waals surface area (Å²) in [6.45, 7) is 0. The van der Waals surface area contributed by atoms with E-state index in [2.05, 4.69) is 0 Å². The van der Waals surface area contributed by atoms with E-state index in [1.807, 2.05) is 41.1 Å². The molecule has 3 heterocycles. The zero-order valence-electron chi connectivity index (χ0n) is 13.6. The second-order valence-corrected chi connectivity index (χ2v) is 8.88. The maximum Gasteiger partial charge on any atom is 0.416 e. The molecule has 0 amide bonds. The van der Waals surface area contributed by atoms with Gasteiger partial charge in [-0.1, -0.05) is 36.0 Å². The summed E-state index contributed by atoms with van der Waals surface area (Å²) in [7, 11) is 0. The summed E-state index contributed by atoms with van der Waals surface area (Å²) in [6, 6.07) is 13.7. The Bertz CT molecular complexity index is 1140. The van der Waals surface area contributed by atoms with Crippen molar-refractivity contribution in [2.45, 2.75) is 16.0 Å². The van der Waals surface area contributed by atoms with E-state index in [0.717, 1.165) is 43.2 Å². The number of nitrogens with zero attached hydrogens (tertiary/aromatic N) is 1. The highest BCUT2D eigenvalue weighted by Gasteiger charge is 2.33. The first kappa shape index (κ1) is 17.0. The molecule has 0 radical (unpaired) electrons. The van der Waals surface area contributed by atoms with E-state index in [1.165, 1.54) is 17.8 Å². The second-order valence-electron chi connectivity index (χ2n) is 6.02. The molecular weight excluding hydrogens is 407 g/mol. The van der Waals surface area contributed by atoms with Crippen LogP contribution in [-0.4, -0.2) is 4.98 Å². The van der Waals surface area contributed by atoms with Crippen molar-refractivity contribution in [3.05, 3.63) is 64.9 Å². The maximum atomic E-state index is 13.2. The topological polar surface area (TPSA) is 12.9 Å². The summed E-state index contributed by atoms with van der Waals surface area (Å²) in [4.78, 5) is 7.34. The lowest BCUT2D eigenvalue weighted by Crippen LogP contribution is -2.04. The number of fused-ring (bicyclic) bond motifs is 5. The first-order chi connectivity index (χ1) is 13.0. The lowest BCUT2D eigenvalue weighted by molar-refractivity contribution is -0.137. The minimum Gasteiger partial charge on any atom is -0.235 e. The molecule has 134 valence electrons. The zero-order chi connectivity index (χ0) is 18.6. The first-order valence-corrected chi connectivity index (χ1v) is 10.6. The number of alkyl halides is 3. The van der Waals surface area contributed by atoms with E-state index in [-0.39, 0.29) is 0 Å². The highest BCUT2D eigenvalue weighted by Crippen LogP contribution is 2.51. The minimum absolute atomic E-state index is 0.582. The number of hydrogen-bond acceptors (Lipinski definition) is 4. The monoisotopic (exact) mass is 417 g/mol. The fourth-order valence-electron chi connectivity index (χ4n) is 3.04. The van der Waals surface area contributed by atoms with E-state index < -0.39 is 11.7 Å². The van der Waals surface area contributed by atoms with E-state index >= 15 is 0 Å². The van der Waals surface area contributed by atoms with Crippen LogP contribution in [0.25, 0.3) is 32.3 Å². The SMILES string of the molecule is FC(F)(F)c1ccc2c(c1)Sc1ccccc1-c1sc(-c3ccsc3)nc1-2. The van der Waals surface area contributed by atoms with Gasteiger partial charge in [0.15, 0.2) is 0 Å². The number of aromatic nitrogens is 1. The van der Waals surface area contributed by atoms with Crippen LogP contribution in [0.3, 0.4) is 0 Å². The molecule has 7 heteroatoms. The Morgan fingerprint density at radius 2 is 1.74 bits per heavy atom. The molecule has 1 aliphatic heterocycles. The van der Waals surface area contributed by atoms with Crippen LogP contribution in [0.2, 0.25) is 0 Å². The quantitative estimate of drug-likeness (QED) is 0.277. The molecule has 0 N–H and O–H groups in total. The summed E-state index contributed by atoms with van der Waals surface area (Å²) in [5.74, 6) is 0. The third-order valence-corrected chi connectivity index (χ3v) is 7.27. The summed E-state index contributed by atoms with van der Waals surface area (Å²) >= 11 is 4.55. The molecule has 2 aromatic carbocycles. The molecule has 0 unspecified atom stereocenters. The predicted molar refractivity (Wildman–Crippen MR) is 105 cm³/mol. The van der Waals surface area contributed by atoms with E-state index in [0.29, 0.717) is 4.90 Å². The van der Waals surface area contributed by atoms with Crippen molar-refractivity contribution in [2.75, 3.05) is 0 Å². The highest BCUT2D eigenvalue weighted by molar-refractivity contribution is 7.99. The van der Waals surface area contributed by atoms with Gasteiger partial charge in [-0.05, 0) is 29.6 Å². The molecule has 0 atom stereocenters. The van der Waals surface area contributed by atoms with Gasteiger partial charge in [-0.3, -0.25) is 0 Å². The third kappa shape index (κ3) is 2.90. The molecule has 0 bridgehead atoms. The number of thiophene rings is 1. The molecule has 2 aromatic heterocycles. The smallest absolute Gasteiger partial charge is 0.235 e. The van der Waals surface area contributed by atoms with Crippen molar-refractivity contribution < 1.29 is 13.2 Å². The van der Waals surface area contributed by atoms with Gasteiger partial charge in [0.05, 0.1) is 16.1 Å². The number of halogens is 3. The lowest BCUT2D eigenvalue weighted by Gasteiger charge is -2.11. The first-order valence-electron chi connectivity index (χ1n) is 8.03. The molecule has 1 aliphatic rings. The molecule has 0 saturated heterocycles. The van der Waals surface area contributed by atoms with Crippen LogP contribution in [0.5, 0.6) is 0 Å². The molecule has 4 aromatic rings. The van der Waals surface area contributed by atoms with Crippen LogP contribution >= 0.6 is 34.4 Å². The Morgan fingerprint density at radius 3 is 2.52 bits per heavy atom. The fraction of sp³-hybridized carbons (Fsp3) is 0.0500. The number of rotatable bonds is 1. The van der Waals surface area contributed by atoms with E-state index in [1.54, 1.807) is 28.7 Å². The van der Waals surface area contributed by atoms with Crippen molar-refractivity contribution in [1.29, 1.82) is 0 Å².